The van der Waals surface area contributed by atoms with Crippen LogP contribution in [0.15, 0.2) is 22.7 Å². The van der Waals surface area contributed by atoms with Crippen LogP contribution in [0.3, 0.4) is 0 Å². The minimum atomic E-state index is 0.497. The molecule has 4 heteroatoms. The summed E-state index contributed by atoms with van der Waals surface area (Å²) in [6, 6.07) is 7.70. The summed E-state index contributed by atoms with van der Waals surface area (Å²) < 4.78 is 1.18. The van der Waals surface area contributed by atoms with Gasteiger partial charge in [-0.15, -0.1) is 0 Å². The van der Waals surface area contributed by atoms with Crippen LogP contribution < -0.4 is 10.2 Å². The number of nitrogens with one attached hydrogen (secondary N) is 1. The second kappa shape index (κ2) is 8.76. The van der Waals surface area contributed by atoms with E-state index >= 15 is 0 Å². The van der Waals surface area contributed by atoms with Crippen LogP contribution in [-0.2, 0) is 6.54 Å². The van der Waals surface area contributed by atoms with Crippen molar-refractivity contribution >= 4 is 21.6 Å². The summed E-state index contributed by atoms with van der Waals surface area (Å²) >= 11 is 3.72. The Labute approximate surface area is 138 Å². The molecule has 0 saturated heterocycles. The van der Waals surface area contributed by atoms with Crippen LogP contribution in [0.4, 0.5) is 5.69 Å². The van der Waals surface area contributed by atoms with Gasteiger partial charge in [-0.2, -0.15) is 0 Å². The normalized spacial score (nSPS) is 13.0. The fraction of sp³-hybridized carbons (Fsp3) is 0.647. The molecule has 0 aliphatic heterocycles. The van der Waals surface area contributed by atoms with Crippen molar-refractivity contribution < 1.29 is 0 Å². The zero-order chi connectivity index (χ0) is 16.0. The quantitative estimate of drug-likeness (QED) is 0.766. The molecule has 0 bridgehead atoms. The molecule has 0 aliphatic carbocycles. The molecular formula is C17H30BrN3. The Bertz CT molecular complexity index is 432. The molecule has 0 radical (unpaired) electrons. The van der Waals surface area contributed by atoms with Crippen LogP contribution in [0.2, 0.25) is 0 Å². The maximum absolute atomic E-state index is 3.72. The lowest BCUT2D eigenvalue weighted by molar-refractivity contribution is 0.373. The van der Waals surface area contributed by atoms with E-state index in [1.54, 1.807) is 0 Å². The van der Waals surface area contributed by atoms with Gasteiger partial charge in [0.05, 0.1) is 0 Å². The monoisotopic (exact) mass is 355 g/mol. The molecular weight excluding hydrogens is 326 g/mol. The van der Waals surface area contributed by atoms with Gasteiger partial charge in [0.15, 0.2) is 0 Å². The number of rotatable bonds is 8. The fourth-order valence-electron chi connectivity index (χ4n) is 2.55. The van der Waals surface area contributed by atoms with Gasteiger partial charge in [-0.25, -0.2) is 0 Å². The Hall–Kier alpha value is -0.580. The molecule has 1 N–H and O–H groups in total. The Morgan fingerprint density at radius 1 is 1.19 bits per heavy atom. The first-order chi connectivity index (χ1) is 9.85. The zero-order valence-corrected chi connectivity index (χ0v) is 15.9. The van der Waals surface area contributed by atoms with Gasteiger partial charge in [-0.3, -0.25) is 0 Å². The summed E-state index contributed by atoms with van der Waals surface area (Å²) in [6.07, 6.45) is 0. The first-order valence-corrected chi connectivity index (χ1v) is 8.57. The standard InChI is InChI=1S/C17H30BrN3/c1-7-21(14(4)12-20(5)6)16-9-8-15(17(18)10-16)11-19-13(2)3/h8-10,13-14,19H,7,11-12H2,1-6H3. The van der Waals surface area contributed by atoms with Gasteiger partial charge in [0.2, 0.25) is 0 Å². The molecule has 0 heterocycles. The summed E-state index contributed by atoms with van der Waals surface area (Å²) in [4.78, 5) is 4.69. The van der Waals surface area contributed by atoms with Crippen LogP contribution in [-0.4, -0.2) is 44.2 Å². The molecule has 0 aliphatic rings. The Kier molecular flexibility index (Phi) is 7.71. The number of nitrogens with zero attached hydrogens (tertiary/aromatic N) is 2. The molecule has 3 nitrogen and oxygen atoms in total. The minimum Gasteiger partial charge on any atom is -0.368 e. The summed E-state index contributed by atoms with van der Waals surface area (Å²) in [6.45, 7) is 11.8. The van der Waals surface area contributed by atoms with Crippen molar-refractivity contribution in [3.05, 3.63) is 28.2 Å². The van der Waals surface area contributed by atoms with E-state index in [1.807, 2.05) is 0 Å². The van der Waals surface area contributed by atoms with Crippen molar-refractivity contribution in [1.29, 1.82) is 0 Å². The van der Waals surface area contributed by atoms with Crippen molar-refractivity contribution in [1.82, 2.24) is 10.2 Å². The highest BCUT2D eigenvalue weighted by atomic mass is 79.9. The minimum absolute atomic E-state index is 0.497. The predicted molar refractivity (Wildman–Crippen MR) is 97.2 cm³/mol. The number of hydrogen-bond donors (Lipinski definition) is 1. The average Bonchev–Trinajstić information content (AvgIpc) is 2.37. The summed E-state index contributed by atoms with van der Waals surface area (Å²) in [5.41, 5.74) is 2.59. The largest absolute Gasteiger partial charge is 0.368 e. The Morgan fingerprint density at radius 3 is 2.33 bits per heavy atom. The Balaban J connectivity index is 2.84. The molecule has 0 amide bonds. The van der Waals surface area contributed by atoms with Gasteiger partial charge >= 0.3 is 0 Å². The lowest BCUT2D eigenvalue weighted by Gasteiger charge is -2.32. The molecule has 1 rings (SSSR count). The van der Waals surface area contributed by atoms with Gasteiger partial charge in [-0.05, 0) is 45.6 Å². The highest BCUT2D eigenvalue weighted by Crippen LogP contribution is 2.25. The molecule has 0 fully saturated rings. The molecule has 1 atom stereocenters. The number of halogens is 1. The van der Waals surface area contributed by atoms with Gasteiger partial charge < -0.3 is 15.1 Å². The van der Waals surface area contributed by atoms with Gasteiger partial charge in [0.1, 0.15) is 0 Å². The first kappa shape index (κ1) is 18.5. The van der Waals surface area contributed by atoms with Crippen molar-refractivity contribution in [2.45, 2.75) is 46.3 Å². The van der Waals surface area contributed by atoms with Crippen LogP contribution in [0.5, 0.6) is 0 Å². The number of likely N-dealkylation sites (N-methyl/N-ethyl adjacent to an activating group) is 2. The van der Waals surface area contributed by atoms with Crippen LogP contribution >= 0.6 is 15.9 Å². The number of benzene rings is 1. The second-order valence-electron chi connectivity index (χ2n) is 6.21. The van der Waals surface area contributed by atoms with E-state index in [0.29, 0.717) is 12.1 Å². The maximum atomic E-state index is 3.72. The predicted octanol–water partition coefficient (Wildman–Crippen LogP) is 3.72. The molecule has 1 aromatic carbocycles. The van der Waals surface area contributed by atoms with Crippen LogP contribution in [0.25, 0.3) is 0 Å². The Morgan fingerprint density at radius 2 is 1.86 bits per heavy atom. The molecule has 1 aromatic rings. The van der Waals surface area contributed by atoms with Crippen molar-refractivity contribution in [3.8, 4) is 0 Å². The van der Waals surface area contributed by atoms with Gasteiger partial charge in [0, 0.05) is 41.9 Å². The molecule has 0 saturated carbocycles. The van der Waals surface area contributed by atoms with Gasteiger partial charge in [-0.1, -0.05) is 35.8 Å². The third-order valence-electron chi connectivity index (χ3n) is 3.57. The second-order valence-corrected chi connectivity index (χ2v) is 7.06. The SMILES string of the molecule is CCN(c1ccc(CNC(C)C)c(Br)c1)C(C)CN(C)C. The fourth-order valence-corrected chi connectivity index (χ4v) is 3.05. The molecule has 0 spiro atoms. The molecule has 21 heavy (non-hydrogen) atoms. The van der Waals surface area contributed by atoms with Crippen molar-refractivity contribution in [2.75, 3.05) is 32.1 Å². The number of hydrogen-bond acceptors (Lipinski definition) is 3. The third kappa shape index (κ3) is 5.97. The van der Waals surface area contributed by atoms with E-state index in [-0.39, 0.29) is 0 Å². The van der Waals surface area contributed by atoms with Crippen LogP contribution in [0.1, 0.15) is 33.3 Å². The number of anilines is 1. The van der Waals surface area contributed by atoms with E-state index in [9.17, 15) is 0 Å². The molecule has 1 unspecified atom stereocenters. The third-order valence-corrected chi connectivity index (χ3v) is 4.31. The van der Waals surface area contributed by atoms with E-state index < -0.39 is 0 Å². The van der Waals surface area contributed by atoms with E-state index in [2.05, 4.69) is 91.0 Å². The molecule has 0 aromatic heterocycles. The lowest BCUT2D eigenvalue weighted by Crippen LogP contribution is -2.40. The van der Waals surface area contributed by atoms with Crippen LogP contribution in [0, 0.1) is 0 Å². The maximum Gasteiger partial charge on any atom is 0.0388 e. The van der Waals surface area contributed by atoms with Gasteiger partial charge in [0.25, 0.3) is 0 Å². The van der Waals surface area contributed by atoms with E-state index in [0.717, 1.165) is 19.6 Å². The zero-order valence-electron chi connectivity index (χ0n) is 14.3. The summed E-state index contributed by atoms with van der Waals surface area (Å²) in [7, 11) is 4.25. The lowest BCUT2D eigenvalue weighted by atomic mass is 10.1. The summed E-state index contributed by atoms with van der Waals surface area (Å²) in [5, 5.41) is 3.46. The van der Waals surface area contributed by atoms with Crippen molar-refractivity contribution in [2.24, 2.45) is 0 Å². The smallest absolute Gasteiger partial charge is 0.0388 e. The van der Waals surface area contributed by atoms with E-state index in [1.165, 1.54) is 15.7 Å². The highest BCUT2D eigenvalue weighted by molar-refractivity contribution is 9.10. The molecule has 120 valence electrons. The van der Waals surface area contributed by atoms with E-state index in [4.69, 9.17) is 0 Å². The first-order valence-electron chi connectivity index (χ1n) is 7.78. The average molecular weight is 356 g/mol. The summed E-state index contributed by atoms with van der Waals surface area (Å²) in [5.74, 6) is 0. The highest BCUT2D eigenvalue weighted by Gasteiger charge is 2.14. The van der Waals surface area contributed by atoms with Crippen molar-refractivity contribution in [3.63, 3.8) is 0 Å². The topological polar surface area (TPSA) is 18.5 Å².